The Morgan fingerprint density at radius 3 is 2.76 bits per heavy atom. The minimum atomic E-state index is -0.411. The zero-order valence-corrected chi connectivity index (χ0v) is 17.7. The van der Waals surface area contributed by atoms with Crippen LogP contribution in [0.4, 0.5) is 4.79 Å². The number of aryl methyl sites for hydroxylation is 1. The molecule has 0 saturated carbocycles. The van der Waals surface area contributed by atoms with E-state index in [1.54, 1.807) is 0 Å². The number of carbonyl (C=O) groups excluding carboxylic acids is 1. The van der Waals surface area contributed by atoms with Crippen molar-refractivity contribution in [2.45, 2.75) is 58.6 Å². The number of rotatable bonds is 4. The molecule has 2 aliphatic heterocycles. The van der Waals surface area contributed by atoms with E-state index in [-0.39, 0.29) is 17.7 Å². The van der Waals surface area contributed by atoms with Gasteiger partial charge in [0.2, 0.25) is 0 Å². The van der Waals surface area contributed by atoms with Crippen LogP contribution in [0.25, 0.3) is 11.8 Å². The predicted molar refractivity (Wildman–Crippen MR) is 108 cm³/mol. The minimum Gasteiger partial charge on any atom is -0.442 e. The van der Waals surface area contributed by atoms with Gasteiger partial charge in [-0.3, -0.25) is 9.36 Å². The highest BCUT2D eigenvalue weighted by Gasteiger charge is 2.34. The Hall–Kier alpha value is -2.81. The fourth-order valence-electron chi connectivity index (χ4n) is 3.54. The van der Waals surface area contributed by atoms with Gasteiger partial charge in [-0.15, -0.1) is 0 Å². The van der Waals surface area contributed by atoms with E-state index in [1.165, 1.54) is 0 Å². The quantitative estimate of drug-likeness (QED) is 0.818. The van der Waals surface area contributed by atoms with Crippen molar-refractivity contribution in [2.24, 2.45) is 7.05 Å². The van der Waals surface area contributed by atoms with Crippen LogP contribution in [0.5, 0.6) is 0 Å². The summed E-state index contributed by atoms with van der Waals surface area (Å²) in [6.45, 7) is 10.7. The molecule has 0 radical (unpaired) electrons. The number of amides is 1. The number of cyclic esters (lactones) is 1. The molecule has 2 aromatic rings. The Morgan fingerprint density at radius 2 is 2.14 bits per heavy atom. The SMILES string of the molecule is Cc1c2c(nn1C)C=C(c1cnn(C(C)(C)C)c1)NC2O[C@H](C)[C@H]1CNC(=O)O1. The number of fused-ring (bicyclic) bond motifs is 1. The van der Waals surface area contributed by atoms with Gasteiger partial charge in [0.05, 0.1) is 30.1 Å². The highest BCUT2D eigenvalue weighted by Crippen LogP contribution is 2.34. The lowest BCUT2D eigenvalue weighted by atomic mass is 10.0. The summed E-state index contributed by atoms with van der Waals surface area (Å²) in [5, 5.41) is 15.3. The Labute approximate surface area is 170 Å². The van der Waals surface area contributed by atoms with Crippen molar-refractivity contribution in [3.63, 3.8) is 0 Å². The standard InChI is InChI=1S/C20H28N6O3/c1-11-17-15(24-25(11)6)7-14(13-8-22-26(10-13)20(3,4)5)23-18(17)28-12(2)16-9-21-19(27)29-16/h7-8,10,12,16,18,23H,9H2,1-6H3,(H,21,27)/t12-,16-,18?/m1/s1. The van der Waals surface area contributed by atoms with Crippen LogP contribution < -0.4 is 10.6 Å². The molecule has 0 spiro atoms. The molecule has 1 unspecified atom stereocenters. The molecule has 4 heterocycles. The predicted octanol–water partition coefficient (Wildman–Crippen LogP) is 2.29. The second-order valence-corrected chi connectivity index (χ2v) is 8.60. The van der Waals surface area contributed by atoms with Gasteiger partial charge in [0.25, 0.3) is 0 Å². The molecule has 1 fully saturated rings. The molecule has 3 atom stereocenters. The van der Waals surface area contributed by atoms with Crippen LogP contribution in [0.15, 0.2) is 12.4 Å². The first-order valence-corrected chi connectivity index (χ1v) is 9.80. The Bertz CT molecular complexity index is 968. The summed E-state index contributed by atoms with van der Waals surface area (Å²) in [5.74, 6) is 0. The number of hydrogen-bond donors (Lipinski definition) is 2. The lowest BCUT2D eigenvalue weighted by Crippen LogP contribution is -2.36. The molecule has 2 aromatic heterocycles. The lowest BCUT2D eigenvalue weighted by molar-refractivity contribution is -0.0662. The van der Waals surface area contributed by atoms with Crippen LogP contribution in [0.1, 0.15) is 56.4 Å². The third kappa shape index (κ3) is 3.62. The number of carbonyl (C=O) groups is 1. The van der Waals surface area contributed by atoms with Crippen molar-refractivity contribution in [3.05, 3.63) is 34.9 Å². The fraction of sp³-hybridized carbons (Fsp3) is 0.550. The number of aromatic nitrogens is 4. The molecule has 2 N–H and O–H groups in total. The average Bonchev–Trinajstić information content (AvgIpc) is 3.34. The topological polar surface area (TPSA) is 95.2 Å². The van der Waals surface area contributed by atoms with Crippen molar-refractivity contribution in [1.82, 2.24) is 30.2 Å². The summed E-state index contributed by atoms with van der Waals surface area (Å²) in [6.07, 6.45) is 4.44. The van der Waals surface area contributed by atoms with E-state index in [1.807, 2.05) is 48.7 Å². The molecule has 2 aliphatic rings. The van der Waals surface area contributed by atoms with Crippen molar-refractivity contribution in [1.29, 1.82) is 0 Å². The van der Waals surface area contributed by atoms with Crippen LogP contribution in [0.3, 0.4) is 0 Å². The van der Waals surface area contributed by atoms with Gasteiger partial charge in [-0.2, -0.15) is 10.2 Å². The molecule has 29 heavy (non-hydrogen) atoms. The van der Waals surface area contributed by atoms with Crippen molar-refractivity contribution in [2.75, 3.05) is 6.54 Å². The first kappa shape index (κ1) is 19.5. The molecule has 156 valence electrons. The first-order valence-electron chi connectivity index (χ1n) is 9.80. The van der Waals surface area contributed by atoms with Crippen LogP contribution in [-0.4, -0.2) is 44.4 Å². The fourth-order valence-corrected chi connectivity index (χ4v) is 3.54. The molecule has 0 bridgehead atoms. The maximum absolute atomic E-state index is 11.4. The van der Waals surface area contributed by atoms with E-state index in [2.05, 4.69) is 41.6 Å². The Kier molecular flexibility index (Phi) is 4.65. The summed E-state index contributed by atoms with van der Waals surface area (Å²) in [4.78, 5) is 11.4. The highest BCUT2D eigenvalue weighted by atomic mass is 16.6. The lowest BCUT2D eigenvalue weighted by Gasteiger charge is -2.30. The summed E-state index contributed by atoms with van der Waals surface area (Å²) in [7, 11) is 1.92. The second kappa shape index (κ2) is 6.91. The number of ether oxygens (including phenoxy) is 2. The third-order valence-electron chi connectivity index (χ3n) is 5.40. The third-order valence-corrected chi connectivity index (χ3v) is 5.40. The maximum atomic E-state index is 11.4. The minimum absolute atomic E-state index is 0.107. The number of nitrogens with one attached hydrogen (secondary N) is 2. The van der Waals surface area contributed by atoms with E-state index >= 15 is 0 Å². The van der Waals surface area contributed by atoms with Crippen LogP contribution >= 0.6 is 0 Å². The maximum Gasteiger partial charge on any atom is 0.407 e. The first-order chi connectivity index (χ1) is 13.6. The largest absolute Gasteiger partial charge is 0.442 e. The van der Waals surface area contributed by atoms with Gasteiger partial charge in [-0.1, -0.05) is 0 Å². The van der Waals surface area contributed by atoms with Gasteiger partial charge in [-0.25, -0.2) is 4.79 Å². The monoisotopic (exact) mass is 400 g/mol. The number of nitrogens with zero attached hydrogens (tertiary/aromatic N) is 4. The molecule has 9 nitrogen and oxygen atoms in total. The van der Waals surface area contributed by atoms with E-state index in [0.717, 1.165) is 28.2 Å². The molecule has 9 heteroatoms. The van der Waals surface area contributed by atoms with Gasteiger partial charge < -0.3 is 20.1 Å². The van der Waals surface area contributed by atoms with E-state index in [4.69, 9.17) is 9.47 Å². The summed E-state index contributed by atoms with van der Waals surface area (Å²) in [5.41, 5.74) is 4.62. The Morgan fingerprint density at radius 1 is 1.38 bits per heavy atom. The van der Waals surface area contributed by atoms with Gasteiger partial charge >= 0.3 is 6.09 Å². The van der Waals surface area contributed by atoms with E-state index < -0.39 is 12.3 Å². The molecule has 1 saturated heterocycles. The normalized spacial score (nSPS) is 22.4. The Balaban J connectivity index is 1.64. The van der Waals surface area contributed by atoms with Crippen molar-refractivity contribution in [3.8, 4) is 0 Å². The van der Waals surface area contributed by atoms with Gasteiger partial charge in [0, 0.05) is 35.8 Å². The summed E-state index contributed by atoms with van der Waals surface area (Å²) < 4.78 is 15.4. The van der Waals surface area contributed by atoms with Crippen molar-refractivity contribution >= 4 is 17.9 Å². The zero-order chi connectivity index (χ0) is 20.9. The van der Waals surface area contributed by atoms with Gasteiger partial charge in [0.1, 0.15) is 6.10 Å². The zero-order valence-electron chi connectivity index (χ0n) is 17.7. The highest BCUT2D eigenvalue weighted by molar-refractivity contribution is 5.82. The van der Waals surface area contributed by atoms with Crippen molar-refractivity contribution < 1.29 is 14.3 Å². The summed E-state index contributed by atoms with van der Waals surface area (Å²) >= 11 is 0. The molecule has 0 aliphatic carbocycles. The van der Waals surface area contributed by atoms with Gasteiger partial charge in [-0.05, 0) is 40.7 Å². The molecular weight excluding hydrogens is 372 g/mol. The molecular formula is C20H28N6O3. The van der Waals surface area contributed by atoms with Crippen LogP contribution in [0, 0.1) is 6.92 Å². The van der Waals surface area contributed by atoms with Crippen LogP contribution in [0.2, 0.25) is 0 Å². The molecule has 4 rings (SSSR count). The number of alkyl carbamates (subject to hydrolysis) is 1. The molecule has 1 amide bonds. The van der Waals surface area contributed by atoms with E-state index in [9.17, 15) is 4.79 Å². The second-order valence-electron chi connectivity index (χ2n) is 8.60. The summed E-state index contributed by atoms with van der Waals surface area (Å²) in [6, 6.07) is 0. The molecule has 0 aromatic carbocycles. The van der Waals surface area contributed by atoms with Crippen LogP contribution in [-0.2, 0) is 22.1 Å². The van der Waals surface area contributed by atoms with Gasteiger partial charge in [0.15, 0.2) is 6.23 Å². The van der Waals surface area contributed by atoms with E-state index in [0.29, 0.717) is 6.54 Å². The number of hydrogen-bond acceptors (Lipinski definition) is 6. The smallest absolute Gasteiger partial charge is 0.407 e. The average molecular weight is 400 g/mol.